The molecule has 0 saturated carbocycles. The summed E-state index contributed by atoms with van der Waals surface area (Å²) in [5.74, 6) is -1.09. The van der Waals surface area contributed by atoms with E-state index < -0.39 is 24.1 Å². The van der Waals surface area contributed by atoms with Crippen LogP contribution in [0.5, 0.6) is 0 Å². The molecule has 3 N–H and O–H groups in total. The first kappa shape index (κ1) is 17.2. The molecular weight excluding hydrogens is 278 g/mol. The molecule has 3 amide bonds. The molecule has 1 rings (SSSR count). The van der Waals surface area contributed by atoms with Crippen LogP contribution >= 0.6 is 0 Å². The van der Waals surface area contributed by atoms with E-state index in [0.29, 0.717) is 0 Å². The SMILES string of the molecule is CNC(=O)[C@H]1COC[C@@H]1NC(=O)[C@@H](NC(=O)OC)C(C)C. The Morgan fingerprint density at radius 3 is 2.43 bits per heavy atom. The second-order valence-electron chi connectivity index (χ2n) is 5.23. The third kappa shape index (κ3) is 4.59. The maximum atomic E-state index is 12.3. The molecule has 0 bridgehead atoms. The molecule has 0 spiro atoms. The predicted molar refractivity (Wildman–Crippen MR) is 74.5 cm³/mol. The van der Waals surface area contributed by atoms with Gasteiger partial charge in [-0.25, -0.2) is 4.79 Å². The van der Waals surface area contributed by atoms with Crippen molar-refractivity contribution in [2.75, 3.05) is 27.4 Å². The van der Waals surface area contributed by atoms with Gasteiger partial charge in [-0.05, 0) is 5.92 Å². The van der Waals surface area contributed by atoms with Gasteiger partial charge in [-0.1, -0.05) is 13.8 Å². The molecule has 21 heavy (non-hydrogen) atoms. The van der Waals surface area contributed by atoms with E-state index in [-0.39, 0.29) is 30.9 Å². The Labute approximate surface area is 123 Å². The van der Waals surface area contributed by atoms with E-state index >= 15 is 0 Å². The van der Waals surface area contributed by atoms with Gasteiger partial charge in [0.1, 0.15) is 6.04 Å². The number of nitrogens with one attached hydrogen (secondary N) is 3. The Bertz CT molecular complexity index is 399. The zero-order valence-electron chi connectivity index (χ0n) is 12.8. The van der Waals surface area contributed by atoms with E-state index in [1.54, 1.807) is 0 Å². The first-order valence-electron chi connectivity index (χ1n) is 6.84. The Kier molecular flexibility index (Phi) is 6.41. The number of amides is 3. The summed E-state index contributed by atoms with van der Waals surface area (Å²) < 4.78 is 9.76. The Morgan fingerprint density at radius 2 is 1.90 bits per heavy atom. The van der Waals surface area contributed by atoms with Gasteiger partial charge < -0.3 is 25.4 Å². The molecule has 8 heteroatoms. The first-order valence-corrected chi connectivity index (χ1v) is 6.84. The topological polar surface area (TPSA) is 106 Å². The maximum absolute atomic E-state index is 12.3. The second kappa shape index (κ2) is 7.82. The number of rotatable bonds is 5. The van der Waals surface area contributed by atoms with E-state index in [4.69, 9.17) is 4.74 Å². The smallest absolute Gasteiger partial charge is 0.407 e. The fraction of sp³-hybridized carbons (Fsp3) is 0.769. The van der Waals surface area contributed by atoms with Gasteiger partial charge in [0.15, 0.2) is 0 Å². The van der Waals surface area contributed by atoms with Crippen LogP contribution in [0.4, 0.5) is 4.79 Å². The molecule has 0 radical (unpaired) electrons. The van der Waals surface area contributed by atoms with Crippen molar-refractivity contribution in [3.63, 3.8) is 0 Å². The highest BCUT2D eigenvalue weighted by atomic mass is 16.5. The van der Waals surface area contributed by atoms with Crippen molar-refractivity contribution < 1.29 is 23.9 Å². The summed E-state index contributed by atoms with van der Waals surface area (Å²) in [6.45, 7) is 4.15. The molecule has 0 aromatic carbocycles. The summed E-state index contributed by atoms with van der Waals surface area (Å²) in [5, 5.41) is 7.79. The zero-order chi connectivity index (χ0) is 16.0. The van der Waals surface area contributed by atoms with E-state index in [2.05, 4.69) is 20.7 Å². The molecule has 8 nitrogen and oxygen atoms in total. The highest BCUT2D eigenvalue weighted by molar-refractivity contribution is 5.87. The summed E-state index contributed by atoms with van der Waals surface area (Å²) >= 11 is 0. The number of carbonyl (C=O) groups excluding carboxylic acids is 3. The number of methoxy groups -OCH3 is 1. The zero-order valence-corrected chi connectivity index (χ0v) is 12.8. The average Bonchev–Trinajstić information content (AvgIpc) is 2.90. The lowest BCUT2D eigenvalue weighted by atomic mass is 10.00. The number of hydrogen-bond acceptors (Lipinski definition) is 5. The lowest BCUT2D eigenvalue weighted by molar-refractivity contribution is -0.127. The molecule has 0 aromatic heterocycles. The fourth-order valence-electron chi connectivity index (χ4n) is 2.13. The highest BCUT2D eigenvalue weighted by Crippen LogP contribution is 2.14. The molecular formula is C13H23N3O5. The molecule has 120 valence electrons. The fourth-order valence-corrected chi connectivity index (χ4v) is 2.13. The number of hydrogen-bond donors (Lipinski definition) is 3. The van der Waals surface area contributed by atoms with Crippen LogP contribution in [0.2, 0.25) is 0 Å². The lowest BCUT2D eigenvalue weighted by Gasteiger charge is -2.24. The number of alkyl carbamates (subject to hydrolysis) is 1. The molecule has 3 atom stereocenters. The van der Waals surface area contributed by atoms with Gasteiger partial charge in [-0.15, -0.1) is 0 Å². The van der Waals surface area contributed by atoms with Crippen LogP contribution in [-0.2, 0) is 19.1 Å². The summed E-state index contributed by atoms with van der Waals surface area (Å²) in [7, 11) is 2.77. The molecule has 0 aliphatic carbocycles. The second-order valence-corrected chi connectivity index (χ2v) is 5.23. The van der Waals surface area contributed by atoms with Crippen molar-refractivity contribution in [3.8, 4) is 0 Å². The number of carbonyl (C=O) groups is 3. The Balaban J connectivity index is 2.68. The van der Waals surface area contributed by atoms with Crippen molar-refractivity contribution in [1.82, 2.24) is 16.0 Å². The van der Waals surface area contributed by atoms with Gasteiger partial charge in [-0.3, -0.25) is 9.59 Å². The molecule has 1 aliphatic heterocycles. The summed E-state index contributed by atoms with van der Waals surface area (Å²) in [6, 6.07) is -1.14. The van der Waals surface area contributed by atoms with Gasteiger partial charge in [0, 0.05) is 7.05 Å². The van der Waals surface area contributed by atoms with Crippen LogP contribution in [0.15, 0.2) is 0 Å². The predicted octanol–water partition coefficient (Wildman–Crippen LogP) is -0.756. The quantitative estimate of drug-likeness (QED) is 0.619. The van der Waals surface area contributed by atoms with Crippen molar-refractivity contribution in [2.24, 2.45) is 11.8 Å². The van der Waals surface area contributed by atoms with Crippen molar-refractivity contribution in [3.05, 3.63) is 0 Å². The minimum absolute atomic E-state index is 0.120. The van der Waals surface area contributed by atoms with E-state index in [1.807, 2.05) is 13.8 Å². The molecule has 0 aromatic rings. The molecule has 1 aliphatic rings. The van der Waals surface area contributed by atoms with Crippen molar-refractivity contribution in [1.29, 1.82) is 0 Å². The molecule has 1 heterocycles. The lowest BCUT2D eigenvalue weighted by Crippen LogP contribution is -2.54. The molecule has 0 unspecified atom stereocenters. The highest BCUT2D eigenvalue weighted by Gasteiger charge is 2.36. The standard InChI is InChI=1S/C13H23N3O5/c1-7(2)10(16-13(19)20-4)12(18)15-9-6-21-5-8(9)11(17)14-3/h7-10H,5-6H2,1-4H3,(H,14,17)(H,15,18)(H,16,19)/t8-,9-,10-/m0/s1. The minimum Gasteiger partial charge on any atom is -0.453 e. The van der Waals surface area contributed by atoms with Crippen LogP contribution in [-0.4, -0.2) is 57.4 Å². The summed E-state index contributed by atoms with van der Waals surface area (Å²) in [5.41, 5.74) is 0. The normalized spacial score (nSPS) is 22.5. The number of ether oxygens (including phenoxy) is 2. The van der Waals surface area contributed by atoms with Crippen LogP contribution in [0.3, 0.4) is 0 Å². The molecule has 1 fully saturated rings. The first-order chi connectivity index (χ1) is 9.90. The van der Waals surface area contributed by atoms with Gasteiger partial charge in [0.05, 0.1) is 32.3 Å². The summed E-state index contributed by atoms with van der Waals surface area (Å²) in [6.07, 6.45) is -0.672. The van der Waals surface area contributed by atoms with Crippen LogP contribution in [0, 0.1) is 11.8 Å². The maximum Gasteiger partial charge on any atom is 0.407 e. The van der Waals surface area contributed by atoms with Crippen LogP contribution in [0.25, 0.3) is 0 Å². The monoisotopic (exact) mass is 301 g/mol. The third-order valence-corrected chi connectivity index (χ3v) is 3.40. The Morgan fingerprint density at radius 1 is 1.24 bits per heavy atom. The van der Waals surface area contributed by atoms with Gasteiger partial charge in [0.2, 0.25) is 11.8 Å². The van der Waals surface area contributed by atoms with Crippen LogP contribution < -0.4 is 16.0 Å². The molecule has 1 saturated heterocycles. The van der Waals surface area contributed by atoms with Gasteiger partial charge in [0.25, 0.3) is 0 Å². The third-order valence-electron chi connectivity index (χ3n) is 3.40. The summed E-state index contributed by atoms with van der Waals surface area (Å²) in [4.78, 5) is 35.3. The minimum atomic E-state index is -0.733. The van der Waals surface area contributed by atoms with E-state index in [0.717, 1.165) is 0 Å². The Hall–Kier alpha value is -1.83. The van der Waals surface area contributed by atoms with Crippen molar-refractivity contribution in [2.45, 2.75) is 25.9 Å². The van der Waals surface area contributed by atoms with Crippen LogP contribution in [0.1, 0.15) is 13.8 Å². The van der Waals surface area contributed by atoms with E-state index in [9.17, 15) is 14.4 Å². The largest absolute Gasteiger partial charge is 0.453 e. The van der Waals surface area contributed by atoms with E-state index in [1.165, 1.54) is 14.2 Å². The average molecular weight is 301 g/mol. The van der Waals surface area contributed by atoms with Gasteiger partial charge >= 0.3 is 6.09 Å². The van der Waals surface area contributed by atoms with Crippen molar-refractivity contribution >= 4 is 17.9 Å². The van der Waals surface area contributed by atoms with Gasteiger partial charge in [-0.2, -0.15) is 0 Å².